The van der Waals surface area contributed by atoms with Crippen LogP contribution in [-0.2, 0) is 12.7 Å². The van der Waals surface area contributed by atoms with Crippen LogP contribution >= 0.6 is 0 Å². The molecule has 0 fully saturated rings. The molecule has 3 rings (SSSR count). The van der Waals surface area contributed by atoms with Gasteiger partial charge in [0.05, 0.1) is 23.0 Å². The molecule has 4 nitrogen and oxygen atoms in total. The van der Waals surface area contributed by atoms with Crippen molar-refractivity contribution in [2.75, 3.05) is 0 Å². The Bertz CT molecular complexity index is 855. The second-order valence-corrected chi connectivity index (χ2v) is 5.39. The minimum Gasteiger partial charge on any atom is -0.348 e. The number of para-hydroxylation sites is 1. The lowest BCUT2D eigenvalue weighted by Gasteiger charge is -2.08. The number of rotatable bonds is 4. The molecule has 0 atom stereocenters. The maximum atomic E-state index is 12.5. The van der Waals surface area contributed by atoms with Crippen molar-refractivity contribution >= 4 is 5.91 Å². The summed E-state index contributed by atoms with van der Waals surface area (Å²) in [5.74, 6) is -0.345. The van der Waals surface area contributed by atoms with Crippen molar-refractivity contribution < 1.29 is 18.0 Å². The van der Waals surface area contributed by atoms with Crippen LogP contribution in [0.1, 0.15) is 21.5 Å². The van der Waals surface area contributed by atoms with Crippen LogP contribution in [0.4, 0.5) is 13.2 Å². The zero-order valence-electron chi connectivity index (χ0n) is 13.0. The third-order valence-electron chi connectivity index (χ3n) is 3.60. The number of halogens is 3. The van der Waals surface area contributed by atoms with Gasteiger partial charge >= 0.3 is 6.18 Å². The zero-order chi connectivity index (χ0) is 17.9. The van der Waals surface area contributed by atoms with Crippen LogP contribution in [0.3, 0.4) is 0 Å². The van der Waals surface area contributed by atoms with Gasteiger partial charge in [0.1, 0.15) is 0 Å². The average Bonchev–Trinajstić information content (AvgIpc) is 3.10. The molecule has 0 aliphatic carbocycles. The molecule has 0 unspecified atom stereocenters. The molecule has 1 aromatic heterocycles. The molecule has 0 saturated carbocycles. The Labute approximate surface area is 141 Å². The van der Waals surface area contributed by atoms with E-state index in [2.05, 4.69) is 10.4 Å². The van der Waals surface area contributed by atoms with Gasteiger partial charge < -0.3 is 5.32 Å². The number of carbonyl (C=O) groups excluding carboxylic acids is 1. The van der Waals surface area contributed by atoms with Crippen molar-refractivity contribution in [3.63, 3.8) is 0 Å². The molecule has 0 spiro atoms. The quantitative estimate of drug-likeness (QED) is 0.781. The summed E-state index contributed by atoms with van der Waals surface area (Å²) in [4.78, 5) is 12.1. The van der Waals surface area contributed by atoms with Crippen molar-refractivity contribution in [2.24, 2.45) is 0 Å². The number of benzene rings is 2. The van der Waals surface area contributed by atoms with Gasteiger partial charge in [-0.25, -0.2) is 4.68 Å². The highest BCUT2D eigenvalue weighted by Crippen LogP contribution is 2.29. The predicted molar refractivity (Wildman–Crippen MR) is 86.2 cm³/mol. The van der Waals surface area contributed by atoms with E-state index in [0.717, 1.165) is 17.8 Å². The summed E-state index contributed by atoms with van der Waals surface area (Å²) in [7, 11) is 0. The van der Waals surface area contributed by atoms with Gasteiger partial charge in [-0.1, -0.05) is 30.3 Å². The van der Waals surface area contributed by atoms with E-state index in [-0.39, 0.29) is 12.5 Å². The highest BCUT2D eigenvalue weighted by Gasteiger charge is 2.29. The predicted octanol–water partition coefficient (Wildman–Crippen LogP) is 3.82. The van der Waals surface area contributed by atoms with Gasteiger partial charge in [-0.15, -0.1) is 0 Å². The number of nitrogens with zero attached hydrogens (tertiary/aromatic N) is 2. The summed E-state index contributed by atoms with van der Waals surface area (Å²) >= 11 is 0. The Morgan fingerprint density at radius 3 is 2.36 bits per heavy atom. The largest absolute Gasteiger partial charge is 0.416 e. The van der Waals surface area contributed by atoms with Crippen LogP contribution in [0, 0.1) is 0 Å². The lowest BCUT2D eigenvalue weighted by atomic mass is 10.1. The molecule has 128 valence electrons. The fraction of sp³-hybridized carbons (Fsp3) is 0.111. The Hall–Kier alpha value is -3.09. The number of nitrogens with one attached hydrogen (secondary N) is 1. The van der Waals surface area contributed by atoms with Gasteiger partial charge in [0.15, 0.2) is 0 Å². The van der Waals surface area contributed by atoms with Crippen LogP contribution in [0.25, 0.3) is 5.69 Å². The van der Waals surface area contributed by atoms with Crippen LogP contribution in [0.15, 0.2) is 67.0 Å². The third kappa shape index (κ3) is 4.06. The van der Waals surface area contributed by atoms with E-state index in [4.69, 9.17) is 0 Å². The Morgan fingerprint density at radius 2 is 1.72 bits per heavy atom. The van der Waals surface area contributed by atoms with E-state index in [1.165, 1.54) is 18.3 Å². The Kier molecular flexibility index (Phi) is 4.56. The molecule has 1 amide bonds. The number of hydrogen-bond donors (Lipinski definition) is 1. The summed E-state index contributed by atoms with van der Waals surface area (Å²) in [6.07, 6.45) is -1.33. The lowest BCUT2D eigenvalue weighted by Crippen LogP contribution is -2.22. The maximum absolute atomic E-state index is 12.5. The van der Waals surface area contributed by atoms with Crippen LogP contribution < -0.4 is 5.32 Å². The van der Waals surface area contributed by atoms with Gasteiger partial charge in [0, 0.05) is 12.7 Å². The minimum atomic E-state index is -4.37. The second kappa shape index (κ2) is 6.80. The van der Waals surface area contributed by atoms with Crippen molar-refractivity contribution in [2.45, 2.75) is 12.7 Å². The molecule has 2 aromatic carbocycles. The number of hydrogen-bond acceptors (Lipinski definition) is 2. The van der Waals surface area contributed by atoms with Gasteiger partial charge in [-0.05, 0) is 29.8 Å². The molecule has 1 N–H and O–H groups in total. The number of alkyl halides is 3. The van der Waals surface area contributed by atoms with Crippen LogP contribution in [-0.4, -0.2) is 15.7 Å². The second-order valence-electron chi connectivity index (χ2n) is 5.39. The van der Waals surface area contributed by atoms with Crippen LogP contribution in [0.5, 0.6) is 0 Å². The highest BCUT2D eigenvalue weighted by atomic mass is 19.4. The summed E-state index contributed by atoms with van der Waals surface area (Å²) in [5.41, 5.74) is 1.06. The van der Waals surface area contributed by atoms with E-state index in [9.17, 15) is 18.0 Å². The van der Waals surface area contributed by atoms with E-state index in [1.54, 1.807) is 10.9 Å². The zero-order valence-corrected chi connectivity index (χ0v) is 13.0. The Morgan fingerprint density at radius 1 is 1.04 bits per heavy atom. The van der Waals surface area contributed by atoms with E-state index in [0.29, 0.717) is 11.1 Å². The van der Waals surface area contributed by atoms with Gasteiger partial charge in [0.25, 0.3) is 5.91 Å². The molecule has 7 heteroatoms. The first-order valence-corrected chi connectivity index (χ1v) is 7.48. The molecule has 0 aliphatic heterocycles. The summed E-state index contributed by atoms with van der Waals surface area (Å²) in [5, 5.41) is 6.80. The van der Waals surface area contributed by atoms with Gasteiger partial charge in [-0.2, -0.15) is 18.3 Å². The summed E-state index contributed by atoms with van der Waals surface area (Å²) < 4.78 is 39.1. The number of amides is 1. The first-order valence-electron chi connectivity index (χ1n) is 7.48. The number of carbonyl (C=O) groups is 1. The van der Waals surface area contributed by atoms with Crippen LogP contribution in [0.2, 0.25) is 0 Å². The summed E-state index contributed by atoms with van der Waals surface area (Å²) in [6, 6.07) is 14.0. The molecule has 0 bridgehead atoms. The van der Waals surface area contributed by atoms with Crippen molar-refractivity contribution in [1.29, 1.82) is 0 Å². The first-order chi connectivity index (χ1) is 11.9. The summed E-state index contributed by atoms with van der Waals surface area (Å²) in [6.45, 7) is 0.132. The maximum Gasteiger partial charge on any atom is 0.416 e. The average molecular weight is 345 g/mol. The SMILES string of the molecule is O=C(NCc1ccc(C(F)(F)F)cc1)c1cnn(-c2ccccc2)c1. The highest BCUT2D eigenvalue weighted by molar-refractivity contribution is 5.93. The molecule has 1 heterocycles. The molecule has 0 radical (unpaired) electrons. The van der Waals surface area contributed by atoms with E-state index in [1.807, 2.05) is 30.3 Å². The smallest absolute Gasteiger partial charge is 0.348 e. The van der Waals surface area contributed by atoms with Gasteiger partial charge in [-0.3, -0.25) is 4.79 Å². The molecular formula is C18H14F3N3O. The monoisotopic (exact) mass is 345 g/mol. The van der Waals surface area contributed by atoms with Crippen molar-refractivity contribution in [1.82, 2.24) is 15.1 Å². The fourth-order valence-corrected chi connectivity index (χ4v) is 2.26. The number of aromatic nitrogens is 2. The van der Waals surface area contributed by atoms with E-state index < -0.39 is 11.7 Å². The topological polar surface area (TPSA) is 46.9 Å². The van der Waals surface area contributed by atoms with E-state index >= 15 is 0 Å². The van der Waals surface area contributed by atoms with Gasteiger partial charge in [0.2, 0.25) is 0 Å². The normalized spacial score (nSPS) is 11.3. The molecule has 0 aliphatic rings. The Balaban J connectivity index is 1.62. The molecule has 0 saturated heterocycles. The minimum absolute atomic E-state index is 0.132. The lowest BCUT2D eigenvalue weighted by molar-refractivity contribution is -0.137. The third-order valence-corrected chi connectivity index (χ3v) is 3.60. The molecule has 25 heavy (non-hydrogen) atoms. The standard InChI is InChI=1S/C18H14F3N3O/c19-18(20,21)15-8-6-13(7-9-15)10-22-17(25)14-11-23-24(12-14)16-4-2-1-3-5-16/h1-9,11-12H,10H2,(H,22,25). The first kappa shape index (κ1) is 16.8. The van der Waals surface area contributed by atoms with Crippen molar-refractivity contribution in [3.8, 4) is 5.69 Å². The fourth-order valence-electron chi connectivity index (χ4n) is 2.26. The van der Waals surface area contributed by atoms with Crippen molar-refractivity contribution in [3.05, 3.63) is 83.7 Å². The molecular weight excluding hydrogens is 331 g/mol. The molecule has 3 aromatic rings.